The normalized spacial score (nSPS) is 15.3. The van der Waals surface area contributed by atoms with Crippen molar-refractivity contribution in [2.45, 2.75) is 46.1 Å². The second-order valence-electron chi connectivity index (χ2n) is 8.24. The number of hydrogen-bond donors (Lipinski definition) is 4. The first kappa shape index (κ1) is 25.1. The van der Waals surface area contributed by atoms with Crippen LogP contribution in [-0.4, -0.2) is 52.0 Å². The highest BCUT2D eigenvalue weighted by atomic mass is 16.3. The maximum Gasteiger partial charge on any atom is 0.325 e. The molecule has 3 rings (SSSR count). The number of H-pyrrole nitrogens is 2. The zero-order valence-corrected chi connectivity index (χ0v) is 18.8. The quantitative estimate of drug-likeness (QED) is 0.499. The minimum absolute atomic E-state index is 0.0599. The second-order valence-corrected chi connectivity index (χ2v) is 8.24. The number of aromatic nitrogens is 2. The molecule has 32 heavy (non-hydrogen) atoms. The van der Waals surface area contributed by atoms with Gasteiger partial charge in [0.15, 0.2) is 0 Å². The third-order valence-electron chi connectivity index (χ3n) is 5.81. The van der Waals surface area contributed by atoms with Crippen LogP contribution in [0.15, 0.2) is 33.9 Å². The maximum absolute atomic E-state index is 12.6. The zero-order chi connectivity index (χ0) is 23.7. The molecule has 9 heteroatoms. The highest BCUT2D eigenvalue weighted by molar-refractivity contribution is 5.78. The van der Waals surface area contributed by atoms with Gasteiger partial charge in [0.1, 0.15) is 0 Å². The third-order valence-corrected chi connectivity index (χ3v) is 5.81. The van der Waals surface area contributed by atoms with Crippen LogP contribution in [0.1, 0.15) is 48.2 Å². The number of likely N-dealkylation sites (tertiary alicyclic amines) is 1. The first-order valence-corrected chi connectivity index (χ1v) is 10.7. The molecule has 2 aromatic rings. The summed E-state index contributed by atoms with van der Waals surface area (Å²) in [6.07, 6.45) is 2.25. The molecule has 2 heterocycles. The van der Waals surface area contributed by atoms with Crippen molar-refractivity contribution in [3.8, 4) is 0 Å². The van der Waals surface area contributed by atoms with Crippen molar-refractivity contribution in [2.24, 2.45) is 5.92 Å². The Balaban J connectivity index is 0.00000114. The molecule has 1 aliphatic rings. The molecule has 1 aliphatic heterocycles. The van der Waals surface area contributed by atoms with Crippen LogP contribution < -0.4 is 16.6 Å². The van der Waals surface area contributed by atoms with Crippen molar-refractivity contribution in [2.75, 3.05) is 19.6 Å². The fourth-order valence-electron chi connectivity index (χ4n) is 3.86. The summed E-state index contributed by atoms with van der Waals surface area (Å²) in [5.41, 5.74) is 2.03. The molecule has 174 valence electrons. The maximum atomic E-state index is 12.6. The smallest absolute Gasteiger partial charge is 0.325 e. The van der Waals surface area contributed by atoms with E-state index in [1.54, 1.807) is 6.92 Å². The lowest BCUT2D eigenvalue weighted by Crippen LogP contribution is -2.42. The number of amides is 1. The summed E-state index contributed by atoms with van der Waals surface area (Å²) in [6.45, 7) is 8.22. The number of aromatic amines is 2. The van der Waals surface area contributed by atoms with Crippen LogP contribution in [0.3, 0.4) is 0 Å². The first-order valence-electron chi connectivity index (χ1n) is 10.7. The van der Waals surface area contributed by atoms with Gasteiger partial charge in [0.25, 0.3) is 12.0 Å². The van der Waals surface area contributed by atoms with Crippen molar-refractivity contribution < 1.29 is 14.7 Å². The van der Waals surface area contributed by atoms with Crippen LogP contribution in [0.2, 0.25) is 0 Å². The Morgan fingerprint density at radius 2 is 1.78 bits per heavy atom. The van der Waals surface area contributed by atoms with Crippen LogP contribution in [0.4, 0.5) is 0 Å². The van der Waals surface area contributed by atoms with Crippen LogP contribution >= 0.6 is 0 Å². The van der Waals surface area contributed by atoms with Crippen LogP contribution in [0.5, 0.6) is 0 Å². The molecule has 0 bridgehead atoms. The molecule has 1 unspecified atom stereocenters. The van der Waals surface area contributed by atoms with Gasteiger partial charge in [-0.15, -0.1) is 0 Å². The molecule has 0 saturated carbocycles. The number of nitrogens with one attached hydrogen (secondary N) is 3. The van der Waals surface area contributed by atoms with Gasteiger partial charge < -0.3 is 15.4 Å². The van der Waals surface area contributed by atoms with Crippen molar-refractivity contribution in [3.63, 3.8) is 0 Å². The van der Waals surface area contributed by atoms with Crippen molar-refractivity contribution in [1.82, 2.24) is 20.2 Å². The monoisotopic (exact) mass is 444 g/mol. The molecule has 1 saturated heterocycles. The summed E-state index contributed by atoms with van der Waals surface area (Å²) in [4.78, 5) is 51.4. The minimum Gasteiger partial charge on any atom is -0.483 e. The van der Waals surface area contributed by atoms with E-state index in [2.05, 4.69) is 58.3 Å². The molecule has 9 nitrogen and oxygen atoms in total. The lowest BCUT2D eigenvalue weighted by atomic mass is 9.95. The number of aryl methyl sites for hydroxylation is 2. The van der Waals surface area contributed by atoms with Gasteiger partial charge in [-0.25, -0.2) is 4.79 Å². The SMILES string of the molecule is Cc1ccc(C(CNC(=O)Cc2c(C)[nH]c(=O)[nH]c2=O)N2CCC(C)CC2)cc1.O=CO. The standard InChI is InChI=1S/C22H30N4O3.CH2O2/c1-14-4-6-17(7-5-14)19(26-10-8-15(2)9-11-26)13-23-20(27)12-18-16(3)24-22(29)25-21(18)28;2-1-3/h4-7,15,19H,8-13H2,1-3H3,(H,23,27)(H2,24,25,28,29);1H,(H,2,3). The lowest BCUT2D eigenvalue weighted by molar-refractivity contribution is -0.123. The molecule has 4 N–H and O–H groups in total. The lowest BCUT2D eigenvalue weighted by Gasteiger charge is -2.37. The minimum atomic E-state index is -0.560. The number of rotatable bonds is 6. The summed E-state index contributed by atoms with van der Waals surface area (Å²) in [5, 5.41) is 9.89. The average molecular weight is 445 g/mol. The van der Waals surface area contributed by atoms with E-state index in [0.29, 0.717) is 17.8 Å². The number of piperidine rings is 1. The summed E-state index contributed by atoms with van der Waals surface area (Å²) in [6, 6.07) is 8.55. The van der Waals surface area contributed by atoms with Crippen LogP contribution in [-0.2, 0) is 16.0 Å². The van der Waals surface area contributed by atoms with Gasteiger partial charge in [-0.05, 0) is 51.3 Å². The van der Waals surface area contributed by atoms with Gasteiger partial charge in [-0.3, -0.25) is 24.3 Å². The van der Waals surface area contributed by atoms with Crippen molar-refractivity contribution >= 4 is 12.4 Å². The van der Waals surface area contributed by atoms with Gasteiger partial charge in [-0.2, -0.15) is 0 Å². The first-order chi connectivity index (χ1) is 15.2. The van der Waals surface area contributed by atoms with E-state index in [-0.39, 0.29) is 24.8 Å². The van der Waals surface area contributed by atoms with Gasteiger partial charge in [-0.1, -0.05) is 36.8 Å². The Hall–Kier alpha value is -3.20. The molecule has 1 fully saturated rings. The summed E-state index contributed by atoms with van der Waals surface area (Å²) in [5.74, 6) is 0.502. The zero-order valence-electron chi connectivity index (χ0n) is 18.8. The van der Waals surface area contributed by atoms with Gasteiger partial charge in [0.05, 0.1) is 12.5 Å². The number of hydrogen-bond acceptors (Lipinski definition) is 5. The fourth-order valence-corrected chi connectivity index (χ4v) is 3.86. The van der Waals surface area contributed by atoms with E-state index in [4.69, 9.17) is 9.90 Å². The molecular formula is C23H32N4O5. The van der Waals surface area contributed by atoms with E-state index in [1.807, 2.05) is 0 Å². The van der Waals surface area contributed by atoms with E-state index in [0.717, 1.165) is 31.8 Å². The Kier molecular flexibility index (Phi) is 9.39. The van der Waals surface area contributed by atoms with Gasteiger partial charge in [0, 0.05) is 17.8 Å². The number of carbonyl (C=O) groups is 2. The van der Waals surface area contributed by atoms with Gasteiger partial charge >= 0.3 is 5.69 Å². The fraction of sp³-hybridized carbons (Fsp3) is 0.478. The molecule has 1 amide bonds. The molecule has 0 radical (unpaired) electrons. The summed E-state index contributed by atoms with van der Waals surface area (Å²) < 4.78 is 0. The summed E-state index contributed by atoms with van der Waals surface area (Å²) >= 11 is 0. The predicted molar refractivity (Wildman–Crippen MR) is 122 cm³/mol. The summed E-state index contributed by atoms with van der Waals surface area (Å²) in [7, 11) is 0. The largest absolute Gasteiger partial charge is 0.483 e. The van der Waals surface area contributed by atoms with E-state index in [1.165, 1.54) is 11.1 Å². The predicted octanol–water partition coefficient (Wildman–Crippen LogP) is 1.51. The second kappa shape index (κ2) is 12.0. The van der Waals surface area contributed by atoms with Crippen molar-refractivity contribution in [1.29, 1.82) is 0 Å². The highest BCUT2D eigenvalue weighted by Gasteiger charge is 2.25. The van der Waals surface area contributed by atoms with Crippen molar-refractivity contribution in [3.05, 3.63) is 67.5 Å². The Morgan fingerprint density at radius 3 is 2.34 bits per heavy atom. The Labute approximate surface area is 186 Å². The molecule has 1 atom stereocenters. The molecule has 0 spiro atoms. The number of nitrogens with zero attached hydrogens (tertiary/aromatic N) is 1. The topological polar surface area (TPSA) is 135 Å². The molecule has 1 aromatic heterocycles. The Bertz CT molecular complexity index is 1000. The van der Waals surface area contributed by atoms with E-state index in [9.17, 15) is 14.4 Å². The molecular weight excluding hydrogens is 412 g/mol. The van der Waals surface area contributed by atoms with Crippen LogP contribution in [0, 0.1) is 19.8 Å². The number of benzene rings is 1. The van der Waals surface area contributed by atoms with E-state index >= 15 is 0 Å². The Morgan fingerprint density at radius 1 is 1.19 bits per heavy atom. The number of carbonyl (C=O) groups excluding carboxylic acids is 1. The van der Waals surface area contributed by atoms with Crippen LogP contribution in [0.25, 0.3) is 0 Å². The molecule has 0 aliphatic carbocycles. The van der Waals surface area contributed by atoms with E-state index < -0.39 is 11.2 Å². The highest BCUT2D eigenvalue weighted by Crippen LogP contribution is 2.26. The van der Waals surface area contributed by atoms with Gasteiger partial charge in [0.2, 0.25) is 5.91 Å². The average Bonchev–Trinajstić information content (AvgIpc) is 2.74. The third kappa shape index (κ3) is 7.19. The molecule has 1 aromatic carbocycles. The number of carboxylic acid groups (broad SMARTS) is 1.